The van der Waals surface area contributed by atoms with E-state index in [1.165, 1.54) is 12.3 Å². The van der Waals surface area contributed by atoms with Gasteiger partial charge in [0, 0.05) is 18.4 Å². The minimum Gasteiger partial charge on any atom is -0.463 e. The van der Waals surface area contributed by atoms with Crippen LogP contribution in [-0.4, -0.2) is 23.0 Å². The van der Waals surface area contributed by atoms with Gasteiger partial charge in [-0.3, -0.25) is 4.79 Å². The number of rotatable bonds is 7. The van der Waals surface area contributed by atoms with Crippen molar-refractivity contribution in [2.45, 2.75) is 26.0 Å². The SMILES string of the molecule is CCC(Oc1ncc(Cl)cc1Cl)C(=O)NCc1cccc(NC(N)=O)c1. The molecule has 1 aromatic heterocycles. The third-order valence-corrected chi connectivity index (χ3v) is 3.83. The number of nitrogens with zero attached hydrogens (tertiary/aromatic N) is 1. The lowest BCUT2D eigenvalue weighted by atomic mass is 10.2. The average Bonchev–Trinajstić information content (AvgIpc) is 2.59. The van der Waals surface area contributed by atoms with Crippen molar-refractivity contribution >= 4 is 40.8 Å². The second-order valence-corrected chi connectivity index (χ2v) is 6.21. The van der Waals surface area contributed by atoms with Gasteiger partial charge in [0.1, 0.15) is 5.02 Å². The fourth-order valence-electron chi connectivity index (χ4n) is 2.15. The Labute approximate surface area is 160 Å². The van der Waals surface area contributed by atoms with Crippen LogP contribution in [0.1, 0.15) is 18.9 Å². The van der Waals surface area contributed by atoms with E-state index in [9.17, 15) is 9.59 Å². The summed E-state index contributed by atoms with van der Waals surface area (Å²) in [7, 11) is 0. The fraction of sp³-hybridized carbons (Fsp3) is 0.235. The highest BCUT2D eigenvalue weighted by Crippen LogP contribution is 2.25. The molecule has 26 heavy (non-hydrogen) atoms. The molecule has 9 heteroatoms. The van der Waals surface area contributed by atoms with Crippen molar-refractivity contribution in [3.63, 3.8) is 0 Å². The summed E-state index contributed by atoms with van der Waals surface area (Å²) in [5, 5.41) is 5.86. The number of nitrogens with two attached hydrogens (primary N) is 1. The number of primary amides is 1. The Morgan fingerprint density at radius 1 is 1.31 bits per heavy atom. The van der Waals surface area contributed by atoms with Crippen molar-refractivity contribution < 1.29 is 14.3 Å². The molecule has 1 atom stereocenters. The summed E-state index contributed by atoms with van der Waals surface area (Å²) in [6.45, 7) is 2.07. The minimum absolute atomic E-state index is 0.144. The topological polar surface area (TPSA) is 106 Å². The van der Waals surface area contributed by atoms with Crippen molar-refractivity contribution in [2.75, 3.05) is 5.32 Å². The molecule has 0 saturated carbocycles. The van der Waals surface area contributed by atoms with E-state index in [1.54, 1.807) is 18.2 Å². The third kappa shape index (κ3) is 5.79. The number of urea groups is 1. The van der Waals surface area contributed by atoms with Gasteiger partial charge in [-0.1, -0.05) is 42.3 Å². The number of hydrogen-bond acceptors (Lipinski definition) is 4. The Hall–Kier alpha value is -2.51. The molecule has 2 rings (SSSR count). The maximum absolute atomic E-state index is 12.4. The zero-order valence-corrected chi connectivity index (χ0v) is 15.5. The molecule has 3 amide bonds. The van der Waals surface area contributed by atoms with E-state index in [0.717, 1.165) is 5.56 Å². The van der Waals surface area contributed by atoms with Gasteiger partial charge < -0.3 is 21.1 Å². The van der Waals surface area contributed by atoms with Crippen LogP contribution in [0, 0.1) is 0 Å². The number of ether oxygens (including phenoxy) is 1. The molecule has 7 nitrogen and oxygen atoms in total. The number of pyridine rings is 1. The average molecular weight is 397 g/mol. The van der Waals surface area contributed by atoms with Crippen molar-refractivity contribution in [2.24, 2.45) is 5.73 Å². The Bertz CT molecular complexity index is 801. The fourth-order valence-corrected chi connectivity index (χ4v) is 2.57. The maximum atomic E-state index is 12.4. The molecule has 2 aromatic rings. The highest BCUT2D eigenvalue weighted by atomic mass is 35.5. The predicted octanol–water partition coefficient (Wildman–Crippen LogP) is 3.35. The zero-order valence-electron chi connectivity index (χ0n) is 14.0. The van der Waals surface area contributed by atoms with E-state index in [-0.39, 0.29) is 23.4 Å². The van der Waals surface area contributed by atoms with Gasteiger partial charge in [0.05, 0.1) is 5.02 Å². The highest BCUT2D eigenvalue weighted by Gasteiger charge is 2.20. The van der Waals surface area contributed by atoms with E-state index >= 15 is 0 Å². The van der Waals surface area contributed by atoms with Crippen molar-refractivity contribution in [1.29, 1.82) is 0 Å². The van der Waals surface area contributed by atoms with E-state index in [0.29, 0.717) is 17.1 Å². The van der Waals surface area contributed by atoms with Crippen LogP contribution in [0.4, 0.5) is 10.5 Å². The molecule has 0 fully saturated rings. The molecule has 0 spiro atoms. The molecule has 0 bridgehead atoms. The quantitative estimate of drug-likeness (QED) is 0.666. The maximum Gasteiger partial charge on any atom is 0.316 e. The first-order valence-corrected chi connectivity index (χ1v) is 8.55. The largest absolute Gasteiger partial charge is 0.463 e. The number of halogens is 2. The van der Waals surface area contributed by atoms with Gasteiger partial charge in [-0.25, -0.2) is 9.78 Å². The highest BCUT2D eigenvalue weighted by molar-refractivity contribution is 6.35. The lowest BCUT2D eigenvalue weighted by Crippen LogP contribution is -2.37. The van der Waals surface area contributed by atoms with Gasteiger partial charge in [0.15, 0.2) is 6.10 Å². The molecular weight excluding hydrogens is 379 g/mol. The molecule has 0 radical (unpaired) electrons. The number of nitrogens with one attached hydrogen (secondary N) is 2. The number of carbonyl (C=O) groups is 2. The van der Waals surface area contributed by atoms with Gasteiger partial charge in [0.25, 0.3) is 5.91 Å². The van der Waals surface area contributed by atoms with Crippen LogP contribution < -0.4 is 21.1 Å². The Balaban J connectivity index is 1.97. The Kier molecular flexibility index (Phi) is 7.06. The summed E-state index contributed by atoms with van der Waals surface area (Å²) in [6.07, 6.45) is 1.06. The monoisotopic (exact) mass is 396 g/mol. The molecule has 1 aromatic carbocycles. The molecule has 4 N–H and O–H groups in total. The first-order chi connectivity index (χ1) is 12.4. The molecule has 0 saturated heterocycles. The third-order valence-electron chi connectivity index (χ3n) is 3.35. The second-order valence-electron chi connectivity index (χ2n) is 5.36. The summed E-state index contributed by atoms with van der Waals surface area (Å²) in [5.74, 6) is -0.167. The summed E-state index contributed by atoms with van der Waals surface area (Å²) < 4.78 is 5.59. The van der Waals surface area contributed by atoms with Gasteiger partial charge in [-0.05, 0) is 30.2 Å². The Morgan fingerprint density at radius 2 is 2.08 bits per heavy atom. The van der Waals surface area contributed by atoms with Crippen molar-refractivity contribution in [3.8, 4) is 5.88 Å². The molecule has 138 valence electrons. The first-order valence-electron chi connectivity index (χ1n) is 7.80. The van der Waals surface area contributed by atoms with E-state index in [1.807, 2.05) is 13.0 Å². The van der Waals surface area contributed by atoms with Crippen LogP contribution in [0.3, 0.4) is 0 Å². The standard InChI is InChI=1S/C17H18Cl2N4O3/c1-2-14(26-16-13(19)7-11(18)9-22-16)15(24)21-8-10-4-3-5-12(6-10)23-17(20)25/h3-7,9,14H,2,8H2,1H3,(H,21,24)(H3,20,23,25). The molecule has 0 aliphatic carbocycles. The summed E-state index contributed by atoms with van der Waals surface area (Å²) >= 11 is 11.8. The van der Waals surface area contributed by atoms with Crippen molar-refractivity contribution in [1.82, 2.24) is 10.3 Å². The predicted molar refractivity (Wildman–Crippen MR) is 100 cm³/mol. The smallest absolute Gasteiger partial charge is 0.316 e. The molecule has 0 aliphatic heterocycles. The van der Waals surface area contributed by atoms with Gasteiger partial charge in [-0.15, -0.1) is 0 Å². The van der Waals surface area contributed by atoms with Crippen LogP contribution in [0.2, 0.25) is 10.0 Å². The molecule has 0 aliphatic rings. The number of benzene rings is 1. The van der Waals surface area contributed by atoms with E-state index in [2.05, 4.69) is 15.6 Å². The van der Waals surface area contributed by atoms with Crippen LogP contribution in [0.25, 0.3) is 0 Å². The number of amides is 3. The van der Waals surface area contributed by atoms with Crippen LogP contribution in [0.15, 0.2) is 36.5 Å². The first kappa shape index (κ1) is 19.8. The molecular formula is C17H18Cl2N4O3. The summed E-state index contributed by atoms with van der Waals surface area (Å²) in [4.78, 5) is 27.3. The van der Waals surface area contributed by atoms with Gasteiger partial charge >= 0.3 is 6.03 Å². The van der Waals surface area contributed by atoms with Gasteiger partial charge in [-0.2, -0.15) is 0 Å². The van der Waals surface area contributed by atoms with E-state index in [4.69, 9.17) is 33.7 Å². The second kappa shape index (κ2) is 9.26. The number of anilines is 1. The lowest BCUT2D eigenvalue weighted by molar-refractivity contribution is -0.128. The normalized spacial score (nSPS) is 11.5. The number of carbonyl (C=O) groups excluding carboxylic acids is 2. The zero-order chi connectivity index (χ0) is 19.1. The molecule has 1 unspecified atom stereocenters. The summed E-state index contributed by atoms with van der Waals surface area (Å²) in [5.41, 5.74) is 6.43. The number of aromatic nitrogens is 1. The molecule has 1 heterocycles. The van der Waals surface area contributed by atoms with Gasteiger partial charge in [0.2, 0.25) is 5.88 Å². The van der Waals surface area contributed by atoms with Crippen LogP contribution in [-0.2, 0) is 11.3 Å². The van der Waals surface area contributed by atoms with Crippen LogP contribution in [0.5, 0.6) is 5.88 Å². The lowest BCUT2D eigenvalue weighted by Gasteiger charge is -2.17. The summed E-state index contributed by atoms with van der Waals surface area (Å²) in [6, 6.07) is 7.81. The van der Waals surface area contributed by atoms with Crippen LogP contribution >= 0.6 is 23.2 Å². The van der Waals surface area contributed by atoms with E-state index < -0.39 is 12.1 Å². The number of hydrogen-bond donors (Lipinski definition) is 3. The minimum atomic E-state index is -0.756. The van der Waals surface area contributed by atoms with Crippen molar-refractivity contribution in [3.05, 3.63) is 52.1 Å². The Morgan fingerprint density at radius 3 is 2.73 bits per heavy atom.